The van der Waals surface area contributed by atoms with Crippen LogP contribution in [-0.2, 0) is 18.9 Å². The zero-order chi connectivity index (χ0) is 29.2. The van der Waals surface area contributed by atoms with E-state index < -0.39 is 42.4 Å². The van der Waals surface area contributed by atoms with Crippen molar-refractivity contribution in [2.45, 2.75) is 38.4 Å². The van der Waals surface area contributed by atoms with E-state index in [1.54, 1.807) is 105 Å². The van der Waals surface area contributed by atoms with Gasteiger partial charge in [-0.15, -0.1) is 0 Å². The zero-order valence-electron chi connectivity index (χ0n) is 22.4. The Hall–Kier alpha value is -4.61. The second kappa shape index (κ2) is 14.1. The predicted molar refractivity (Wildman–Crippen MR) is 154 cm³/mol. The summed E-state index contributed by atoms with van der Waals surface area (Å²) in [5.74, 6) is -1.94. The van der Waals surface area contributed by atoms with Crippen molar-refractivity contribution in [1.82, 2.24) is 10.7 Å². The van der Waals surface area contributed by atoms with Crippen molar-refractivity contribution in [2.75, 3.05) is 6.61 Å². The van der Waals surface area contributed by atoms with Gasteiger partial charge in [-0.05, 0) is 62.5 Å². The first-order chi connectivity index (χ1) is 19.8. The van der Waals surface area contributed by atoms with E-state index in [2.05, 4.69) is 15.8 Å². The third-order valence-corrected chi connectivity index (χ3v) is 6.07. The highest BCUT2D eigenvalue weighted by atomic mass is 32.1. The molecule has 3 aromatic carbocycles. The summed E-state index contributed by atoms with van der Waals surface area (Å²) in [4.78, 5) is 38.9. The van der Waals surface area contributed by atoms with Crippen molar-refractivity contribution < 1.29 is 33.3 Å². The lowest BCUT2D eigenvalue weighted by atomic mass is 10.1. The summed E-state index contributed by atoms with van der Waals surface area (Å²) in [6.45, 7) is 3.26. The standard InChI is InChI=1S/C30H29N3O7S/c1-19(2)32-33-30(41)31-26-25(40-29(36)22-16-10-5-11-17-22)24(39-28(35)21-14-8-4-9-15-21)23(38-26)18-37-27(34)20-12-6-3-7-13-20/h3-17,23-26H,18H2,1-2H3,(H2,31,33,41)/t23-,24-,25-,26-/m1/s1. The molecule has 212 valence electrons. The van der Waals surface area contributed by atoms with Crippen LogP contribution >= 0.6 is 12.2 Å². The second-order valence-electron chi connectivity index (χ2n) is 9.18. The Balaban J connectivity index is 1.61. The summed E-state index contributed by atoms with van der Waals surface area (Å²) in [6.07, 6.45) is -4.44. The minimum Gasteiger partial charge on any atom is -0.459 e. The van der Waals surface area contributed by atoms with Gasteiger partial charge in [-0.25, -0.2) is 14.4 Å². The average Bonchev–Trinajstić information content (AvgIpc) is 3.30. The fraction of sp³-hybridized carbons (Fsp3) is 0.233. The molecule has 41 heavy (non-hydrogen) atoms. The quantitative estimate of drug-likeness (QED) is 0.128. The number of rotatable bonds is 9. The number of carbonyl (C=O) groups is 3. The summed E-state index contributed by atoms with van der Waals surface area (Å²) < 4.78 is 23.3. The van der Waals surface area contributed by atoms with Crippen molar-refractivity contribution >= 4 is 40.9 Å². The Morgan fingerprint density at radius 1 is 0.756 bits per heavy atom. The number of nitrogens with zero attached hydrogens (tertiary/aromatic N) is 1. The Labute approximate surface area is 242 Å². The zero-order valence-corrected chi connectivity index (χ0v) is 23.2. The Morgan fingerprint density at radius 2 is 1.22 bits per heavy atom. The molecule has 4 atom stereocenters. The highest BCUT2D eigenvalue weighted by molar-refractivity contribution is 7.80. The third kappa shape index (κ3) is 8.19. The first-order valence-electron chi connectivity index (χ1n) is 12.8. The minimum atomic E-state index is -1.18. The molecule has 11 heteroatoms. The van der Waals surface area contributed by atoms with Crippen molar-refractivity contribution in [3.63, 3.8) is 0 Å². The lowest BCUT2D eigenvalue weighted by molar-refractivity contribution is -0.0456. The molecule has 1 saturated heterocycles. The Morgan fingerprint density at radius 3 is 1.71 bits per heavy atom. The molecule has 1 aliphatic heterocycles. The maximum atomic E-state index is 13.1. The van der Waals surface area contributed by atoms with Gasteiger partial charge in [-0.1, -0.05) is 54.6 Å². The van der Waals surface area contributed by atoms with Gasteiger partial charge in [-0.2, -0.15) is 5.10 Å². The summed E-state index contributed by atoms with van der Waals surface area (Å²) in [5, 5.41) is 7.06. The summed E-state index contributed by atoms with van der Waals surface area (Å²) >= 11 is 5.34. The highest BCUT2D eigenvalue weighted by Gasteiger charge is 2.51. The molecular formula is C30H29N3O7S. The summed E-state index contributed by atoms with van der Waals surface area (Å²) in [5.41, 5.74) is 4.29. The van der Waals surface area contributed by atoms with Gasteiger partial charge >= 0.3 is 17.9 Å². The average molecular weight is 576 g/mol. The summed E-state index contributed by atoms with van der Waals surface area (Å²) in [6, 6.07) is 25.1. The number of esters is 3. The van der Waals surface area contributed by atoms with Crippen LogP contribution in [0.25, 0.3) is 0 Å². The smallest absolute Gasteiger partial charge is 0.338 e. The maximum absolute atomic E-state index is 13.1. The molecule has 4 rings (SSSR count). The van der Waals surface area contributed by atoms with Crippen LogP contribution in [0.4, 0.5) is 0 Å². The molecule has 0 saturated carbocycles. The number of benzene rings is 3. The number of hydrogen-bond acceptors (Lipinski definition) is 9. The van der Waals surface area contributed by atoms with Crippen LogP contribution in [0.2, 0.25) is 0 Å². The number of carbonyl (C=O) groups excluding carboxylic acids is 3. The molecule has 0 spiro atoms. The third-order valence-electron chi connectivity index (χ3n) is 5.86. The van der Waals surface area contributed by atoms with Crippen LogP contribution in [0.5, 0.6) is 0 Å². The molecule has 1 fully saturated rings. The molecule has 0 unspecified atom stereocenters. The van der Waals surface area contributed by atoms with E-state index in [0.717, 1.165) is 0 Å². The predicted octanol–water partition coefficient (Wildman–Crippen LogP) is 3.88. The van der Waals surface area contributed by atoms with Crippen LogP contribution in [0.3, 0.4) is 0 Å². The summed E-state index contributed by atoms with van der Waals surface area (Å²) in [7, 11) is 0. The minimum absolute atomic E-state index is 0.0760. The number of hydrazone groups is 1. The topological polar surface area (TPSA) is 125 Å². The second-order valence-corrected chi connectivity index (χ2v) is 9.58. The fourth-order valence-electron chi connectivity index (χ4n) is 3.92. The van der Waals surface area contributed by atoms with E-state index in [-0.39, 0.29) is 22.8 Å². The molecular weight excluding hydrogens is 546 g/mol. The molecule has 2 N–H and O–H groups in total. The van der Waals surface area contributed by atoms with E-state index >= 15 is 0 Å². The van der Waals surface area contributed by atoms with Crippen molar-refractivity contribution in [1.29, 1.82) is 0 Å². The monoisotopic (exact) mass is 575 g/mol. The first-order valence-corrected chi connectivity index (χ1v) is 13.2. The van der Waals surface area contributed by atoms with Gasteiger partial charge in [0.15, 0.2) is 23.5 Å². The maximum Gasteiger partial charge on any atom is 0.338 e. The fourth-order valence-corrected chi connectivity index (χ4v) is 4.08. The van der Waals surface area contributed by atoms with E-state index in [1.807, 2.05) is 0 Å². The van der Waals surface area contributed by atoms with Crippen LogP contribution in [0.15, 0.2) is 96.1 Å². The van der Waals surface area contributed by atoms with Gasteiger partial charge in [0.05, 0.1) is 16.7 Å². The molecule has 0 aliphatic carbocycles. The van der Waals surface area contributed by atoms with Crippen LogP contribution in [0.1, 0.15) is 44.9 Å². The molecule has 1 aliphatic rings. The molecule has 0 radical (unpaired) electrons. The molecule has 10 nitrogen and oxygen atoms in total. The van der Waals surface area contributed by atoms with E-state index in [4.69, 9.17) is 31.2 Å². The molecule has 1 heterocycles. The van der Waals surface area contributed by atoms with Gasteiger partial charge in [0.2, 0.25) is 0 Å². The lowest BCUT2D eigenvalue weighted by Gasteiger charge is -2.25. The Bertz CT molecular complexity index is 1380. The van der Waals surface area contributed by atoms with Crippen LogP contribution in [-0.4, -0.2) is 59.9 Å². The lowest BCUT2D eigenvalue weighted by Crippen LogP contribution is -2.49. The van der Waals surface area contributed by atoms with Gasteiger partial charge in [0, 0.05) is 5.71 Å². The van der Waals surface area contributed by atoms with Gasteiger partial charge in [0.1, 0.15) is 12.7 Å². The van der Waals surface area contributed by atoms with Gasteiger partial charge < -0.3 is 24.3 Å². The van der Waals surface area contributed by atoms with Crippen molar-refractivity contribution in [3.8, 4) is 0 Å². The normalized spacial score (nSPS) is 19.4. The highest BCUT2D eigenvalue weighted by Crippen LogP contribution is 2.28. The molecule has 0 bridgehead atoms. The van der Waals surface area contributed by atoms with E-state index in [0.29, 0.717) is 11.3 Å². The van der Waals surface area contributed by atoms with Crippen molar-refractivity contribution in [3.05, 3.63) is 108 Å². The number of thiocarbonyl (C=S) groups is 1. The van der Waals surface area contributed by atoms with Crippen molar-refractivity contribution in [2.24, 2.45) is 5.10 Å². The Kier molecular flexibility index (Phi) is 10.1. The largest absolute Gasteiger partial charge is 0.459 e. The van der Waals surface area contributed by atoms with E-state index in [1.165, 1.54) is 0 Å². The molecule has 0 aromatic heterocycles. The van der Waals surface area contributed by atoms with E-state index in [9.17, 15) is 14.4 Å². The molecule has 0 amide bonds. The number of hydrogen-bond donors (Lipinski definition) is 2. The van der Waals surface area contributed by atoms with Gasteiger partial charge in [-0.3, -0.25) is 5.43 Å². The number of nitrogens with one attached hydrogen (secondary N) is 2. The van der Waals surface area contributed by atoms with Crippen LogP contribution < -0.4 is 10.7 Å². The SMILES string of the molecule is CC(C)=NNC(=S)N[C@@H]1O[C@H](COC(=O)c2ccccc2)[C@@H](OC(=O)c2ccccc2)[C@H]1OC(=O)c1ccccc1. The number of ether oxygens (including phenoxy) is 4. The van der Waals surface area contributed by atoms with Crippen LogP contribution in [0, 0.1) is 0 Å². The first kappa shape index (κ1) is 29.4. The van der Waals surface area contributed by atoms with Gasteiger partial charge in [0.25, 0.3) is 0 Å². The molecule has 3 aromatic rings.